The molecule has 0 nitrogen and oxygen atoms in total. The molecule has 2 heteroatoms. The van der Waals surface area contributed by atoms with E-state index >= 15 is 0 Å². The van der Waals surface area contributed by atoms with E-state index in [1.807, 2.05) is 18.2 Å². The molecule has 0 spiro atoms. The molecule has 1 aromatic rings. The van der Waals surface area contributed by atoms with Gasteiger partial charge in [-0.15, -0.1) is 0 Å². The molecule has 0 aliphatic rings. The molecule has 0 aliphatic heterocycles. The largest absolute Gasteiger partial charge is 0.0912 e. The van der Waals surface area contributed by atoms with Crippen LogP contribution in [0.1, 0.15) is 13.8 Å². The predicted molar refractivity (Wildman–Crippen MR) is 58.6 cm³/mol. The minimum Gasteiger partial charge on any atom is -0.0912 e. The summed E-state index contributed by atoms with van der Waals surface area (Å²) in [4.78, 5) is 0. The van der Waals surface area contributed by atoms with Crippen LogP contribution in [0.25, 0.3) is 0 Å². The van der Waals surface area contributed by atoms with Crippen molar-refractivity contribution >= 4 is 23.8 Å². The number of halogens is 1. The van der Waals surface area contributed by atoms with E-state index in [1.54, 1.807) is 0 Å². The summed E-state index contributed by atoms with van der Waals surface area (Å²) in [6, 6.07) is 10.3. The van der Waals surface area contributed by atoms with Crippen molar-refractivity contribution in [2.45, 2.75) is 13.8 Å². The van der Waals surface area contributed by atoms with Gasteiger partial charge in [0.15, 0.2) is 0 Å². The van der Waals surface area contributed by atoms with Gasteiger partial charge in [0.25, 0.3) is 0 Å². The van der Waals surface area contributed by atoms with Gasteiger partial charge in [-0.1, -0.05) is 55.4 Å². The lowest BCUT2D eigenvalue weighted by atomic mass is 10.3. The minimum atomic E-state index is -0.443. The zero-order valence-corrected chi connectivity index (χ0v) is 9.15. The molecule has 0 saturated heterocycles. The maximum Gasteiger partial charge on any atom is 0.0215 e. The van der Waals surface area contributed by atoms with E-state index in [2.05, 4.69) is 26.0 Å². The first-order valence-electron chi connectivity index (χ1n) is 4.18. The van der Waals surface area contributed by atoms with Crippen LogP contribution in [0.2, 0.25) is 0 Å². The Kier molecular flexibility index (Phi) is 4.05. The Bertz CT molecular complexity index is 221. The molecule has 1 unspecified atom stereocenters. The zero-order valence-electron chi connectivity index (χ0n) is 7.50. The molecule has 0 bridgehead atoms. The minimum absolute atomic E-state index is 0.443. The lowest BCUT2D eigenvalue weighted by molar-refractivity contribution is 0.748. The van der Waals surface area contributed by atoms with Gasteiger partial charge in [-0.05, 0) is 17.4 Å². The molecule has 0 heterocycles. The van der Waals surface area contributed by atoms with E-state index in [9.17, 15) is 0 Å². The maximum absolute atomic E-state index is 6.27. The Labute approximate surface area is 80.5 Å². The molecular formula is C10H14ClP. The van der Waals surface area contributed by atoms with E-state index in [0.29, 0.717) is 5.92 Å². The Hall–Kier alpha value is -0.0600. The van der Waals surface area contributed by atoms with Gasteiger partial charge in [0.1, 0.15) is 0 Å². The van der Waals surface area contributed by atoms with Gasteiger partial charge in [0, 0.05) is 7.27 Å². The summed E-state index contributed by atoms with van der Waals surface area (Å²) in [6.45, 7) is 4.42. The molecule has 1 rings (SSSR count). The second-order valence-electron chi connectivity index (χ2n) is 3.27. The summed E-state index contributed by atoms with van der Waals surface area (Å²) < 4.78 is 0. The van der Waals surface area contributed by atoms with E-state index in [-0.39, 0.29) is 0 Å². The molecule has 0 amide bonds. The van der Waals surface area contributed by atoms with E-state index in [0.717, 1.165) is 6.16 Å². The molecule has 0 aromatic heterocycles. The van der Waals surface area contributed by atoms with E-state index < -0.39 is 7.27 Å². The molecule has 1 atom stereocenters. The molecule has 0 saturated carbocycles. The van der Waals surface area contributed by atoms with Crippen LogP contribution in [0.4, 0.5) is 0 Å². The normalized spacial score (nSPS) is 13.3. The molecule has 0 N–H and O–H groups in total. The van der Waals surface area contributed by atoms with Crippen LogP contribution in [0.15, 0.2) is 30.3 Å². The van der Waals surface area contributed by atoms with Crippen molar-refractivity contribution in [1.82, 2.24) is 0 Å². The van der Waals surface area contributed by atoms with Gasteiger partial charge >= 0.3 is 0 Å². The van der Waals surface area contributed by atoms with Crippen LogP contribution in [-0.4, -0.2) is 6.16 Å². The summed E-state index contributed by atoms with van der Waals surface area (Å²) in [5.74, 6) is 0.689. The van der Waals surface area contributed by atoms with Crippen LogP contribution in [0, 0.1) is 5.92 Å². The van der Waals surface area contributed by atoms with Crippen LogP contribution in [0.3, 0.4) is 0 Å². The molecule has 66 valence electrons. The van der Waals surface area contributed by atoms with Crippen LogP contribution in [-0.2, 0) is 0 Å². The fraction of sp³-hybridized carbons (Fsp3) is 0.400. The fourth-order valence-corrected chi connectivity index (χ4v) is 3.53. The third-order valence-corrected chi connectivity index (χ3v) is 4.47. The Morgan fingerprint density at radius 3 is 2.33 bits per heavy atom. The molecular weight excluding hydrogens is 187 g/mol. The third-order valence-electron chi connectivity index (χ3n) is 1.56. The summed E-state index contributed by atoms with van der Waals surface area (Å²) in [5, 5.41) is 1.29. The Morgan fingerprint density at radius 1 is 1.25 bits per heavy atom. The smallest absolute Gasteiger partial charge is 0.0215 e. The first-order chi connectivity index (χ1) is 5.70. The van der Waals surface area contributed by atoms with Gasteiger partial charge in [0.05, 0.1) is 0 Å². The van der Waals surface area contributed by atoms with Crippen LogP contribution >= 0.6 is 18.5 Å². The topological polar surface area (TPSA) is 0 Å². The highest BCUT2D eigenvalue weighted by atomic mass is 35.7. The second kappa shape index (κ2) is 4.84. The lowest BCUT2D eigenvalue weighted by Crippen LogP contribution is -2.02. The van der Waals surface area contributed by atoms with Crippen molar-refractivity contribution in [1.29, 1.82) is 0 Å². The van der Waals surface area contributed by atoms with Crippen molar-refractivity contribution < 1.29 is 0 Å². The highest BCUT2D eigenvalue weighted by molar-refractivity contribution is 7.89. The fourth-order valence-electron chi connectivity index (χ4n) is 1.02. The molecule has 1 aromatic carbocycles. The standard InChI is InChI=1S/C10H14ClP/c1-9(2)8-12(11)10-6-4-3-5-7-10/h3-7,9H,8H2,1-2H3. The Morgan fingerprint density at radius 2 is 1.83 bits per heavy atom. The molecule has 0 aliphatic carbocycles. The first-order valence-corrected chi connectivity index (χ1v) is 6.61. The predicted octanol–water partition coefficient (Wildman–Crippen LogP) is 3.60. The first kappa shape index (κ1) is 10.0. The monoisotopic (exact) mass is 200 g/mol. The van der Waals surface area contributed by atoms with Crippen molar-refractivity contribution in [2.75, 3.05) is 6.16 Å². The average molecular weight is 201 g/mol. The number of hydrogen-bond acceptors (Lipinski definition) is 0. The Balaban J connectivity index is 2.59. The molecule has 12 heavy (non-hydrogen) atoms. The SMILES string of the molecule is CC(C)CP(Cl)c1ccccc1. The summed E-state index contributed by atoms with van der Waals surface area (Å²) in [7, 11) is -0.443. The number of rotatable bonds is 3. The van der Waals surface area contributed by atoms with Gasteiger partial charge < -0.3 is 0 Å². The number of hydrogen-bond donors (Lipinski definition) is 0. The van der Waals surface area contributed by atoms with Crippen molar-refractivity contribution in [3.8, 4) is 0 Å². The quantitative estimate of drug-likeness (QED) is 0.654. The number of benzene rings is 1. The van der Waals surface area contributed by atoms with Gasteiger partial charge in [-0.25, -0.2) is 0 Å². The van der Waals surface area contributed by atoms with E-state index in [4.69, 9.17) is 11.2 Å². The average Bonchev–Trinajstić information content (AvgIpc) is 2.05. The zero-order chi connectivity index (χ0) is 8.97. The lowest BCUT2D eigenvalue weighted by Gasteiger charge is -2.11. The molecule has 0 radical (unpaired) electrons. The van der Waals surface area contributed by atoms with Crippen molar-refractivity contribution in [2.24, 2.45) is 5.92 Å². The van der Waals surface area contributed by atoms with Gasteiger partial charge in [-0.2, -0.15) is 0 Å². The highest BCUT2D eigenvalue weighted by Crippen LogP contribution is 2.41. The second-order valence-corrected chi connectivity index (χ2v) is 6.10. The van der Waals surface area contributed by atoms with Crippen LogP contribution < -0.4 is 5.30 Å². The van der Waals surface area contributed by atoms with E-state index in [1.165, 1.54) is 5.30 Å². The highest BCUT2D eigenvalue weighted by Gasteiger charge is 2.08. The summed E-state index contributed by atoms with van der Waals surface area (Å²) >= 11 is 6.27. The van der Waals surface area contributed by atoms with Gasteiger partial charge in [-0.3, -0.25) is 0 Å². The summed E-state index contributed by atoms with van der Waals surface area (Å²) in [5.41, 5.74) is 0. The summed E-state index contributed by atoms with van der Waals surface area (Å²) in [6.07, 6.45) is 1.11. The van der Waals surface area contributed by atoms with Crippen molar-refractivity contribution in [3.63, 3.8) is 0 Å². The van der Waals surface area contributed by atoms with Gasteiger partial charge in [0.2, 0.25) is 0 Å². The third kappa shape index (κ3) is 3.13. The molecule has 0 fully saturated rings. The maximum atomic E-state index is 6.27. The van der Waals surface area contributed by atoms with Crippen LogP contribution in [0.5, 0.6) is 0 Å². The van der Waals surface area contributed by atoms with Crippen molar-refractivity contribution in [3.05, 3.63) is 30.3 Å².